The van der Waals surface area contributed by atoms with E-state index < -0.39 is 0 Å². The number of halogens is 1. The molecule has 0 saturated carbocycles. The van der Waals surface area contributed by atoms with Gasteiger partial charge in [-0.1, -0.05) is 133 Å². The largest absolute Gasteiger partial charge is 0.353 e. The number of rotatable bonds is 4. The van der Waals surface area contributed by atoms with Gasteiger partial charge < -0.3 is 9.80 Å². The van der Waals surface area contributed by atoms with Crippen molar-refractivity contribution in [2.45, 2.75) is 22.8 Å². The molecule has 0 aromatic heterocycles. The third kappa shape index (κ3) is 4.83. The number of alkyl halides is 1. The van der Waals surface area contributed by atoms with Gasteiger partial charge in [0, 0.05) is 36.6 Å². The van der Waals surface area contributed by atoms with Crippen LogP contribution in [0.3, 0.4) is 0 Å². The quantitative estimate of drug-likeness (QED) is 0.0995. The normalized spacial score (nSPS) is 17.5. The molecule has 2 heterocycles. The second kappa shape index (κ2) is 12.1. The van der Waals surface area contributed by atoms with Gasteiger partial charge in [0.2, 0.25) is 0 Å². The van der Waals surface area contributed by atoms with Crippen molar-refractivity contribution in [3.05, 3.63) is 173 Å². The molecule has 0 bridgehead atoms. The SMILES string of the molecule is IC1(N2CCc3ccccc32)C=c2c(-c3cccc4ccccc34)c3ccc(N4CCc5ccccc54)cc3c(-c3cccc4ccccc34)c2=CC1. The molecule has 0 fully saturated rings. The van der Waals surface area contributed by atoms with Crippen LogP contribution in [0.2, 0.25) is 0 Å². The van der Waals surface area contributed by atoms with Crippen LogP contribution in [-0.4, -0.2) is 16.6 Å². The van der Waals surface area contributed by atoms with Gasteiger partial charge in [-0.2, -0.15) is 0 Å². The van der Waals surface area contributed by atoms with Crippen molar-refractivity contribution < 1.29 is 0 Å². The molecule has 1 atom stereocenters. The maximum atomic E-state index is 2.77. The van der Waals surface area contributed by atoms with Gasteiger partial charge in [0.1, 0.15) is 3.55 Å². The molecule has 3 heteroatoms. The Labute approximate surface area is 323 Å². The van der Waals surface area contributed by atoms with E-state index in [0.29, 0.717) is 0 Å². The first-order valence-electron chi connectivity index (χ1n) is 18.8. The zero-order valence-corrected chi connectivity index (χ0v) is 31.6. The average molecular weight is 793 g/mol. The number of hydrogen-bond donors (Lipinski definition) is 0. The minimum Gasteiger partial charge on any atom is -0.353 e. The molecule has 254 valence electrons. The van der Waals surface area contributed by atoms with Gasteiger partial charge in [-0.05, 0) is 142 Å². The lowest BCUT2D eigenvalue weighted by Crippen LogP contribution is -2.47. The van der Waals surface area contributed by atoms with E-state index in [0.717, 1.165) is 32.4 Å². The third-order valence-corrected chi connectivity index (χ3v) is 13.3. The summed E-state index contributed by atoms with van der Waals surface area (Å²) < 4.78 is -0.209. The van der Waals surface area contributed by atoms with Crippen molar-refractivity contribution >= 4 is 84.1 Å². The maximum absolute atomic E-state index is 2.77. The van der Waals surface area contributed by atoms with Crippen LogP contribution in [0.15, 0.2) is 152 Å². The Morgan fingerprint density at radius 3 is 1.81 bits per heavy atom. The second-order valence-corrected chi connectivity index (χ2v) is 16.7. The number of para-hydroxylation sites is 2. The van der Waals surface area contributed by atoms with Gasteiger partial charge in [-0.3, -0.25) is 0 Å². The van der Waals surface area contributed by atoms with Crippen LogP contribution in [0, 0.1) is 0 Å². The Morgan fingerprint density at radius 1 is 0.491 bits per heavy atom. The van der Waals surface area contributed by atoms with Crippen LogP contribution in [0.1, 0.15) is 17.5 Å². The van der Waals surface area contributed by atoms with Gasteiger partial charge in [0.05, 0.1) is 0 Å². The summed E-state index contributed by atoms with van der Waals surface area (Å²) in [6, 6.07) is 56.7. The number of fused-ring (bicyclic) bond motifs is 6. The highest BCUT2D eigenvalue weighted by Gasteiger charge is 2.37. The highest BCUT2D eigenvalue weighted by molar-refractivity contribution is 14.1. The fraction of sp³-hybridized carbons (Fsp3) is 0.120. The zero-order chi connectivity index (χ0) is 35.1. The monoisotopic (exact) mass is 792 g/mol. The molecule has 2 aliphatic heterocycles. The summed E-state index contributed by atoms with van der Waals surface area (Å²) in [5.41, 5.74) is 12.1. The fourth-order valence-corrected chi connectivity index (χ4v) is 10.6. The first-order chi connectivity index (χ1) is 26.1. The van der Waals surface area contributed by atoms with Crippen LogP contribution < -0.4 is 20.2 Å². The summed E-state index contributed by atoms with van der Waals surface area (Å²) in [4.78, 5) is 5.18. The Bertz CT molecular complexity index is 2920. The van der Waals surface area contributed by atoms with E-state index in [1.165, 1.54) is 93.2 Å². The minimum absolute atomic E-state index is 0.209. The van der Waals surface area contributed by atoms with Gasteiger partial charge in [-0.25, -0.2) is 0 Å². The summed E-state index contributed by atoms with van der Waals surface area (Å²) in [5.74, 6) is 0. The van der Waals surface area contributed by atoms with Crippen molar-refractivity contribution in [1.82, 2.24) is 0 Å². The van der Waals surface area contributed by atoms with Crippen molar-refractivity contribution in [2.24, 2.45) is 0 Å². The first-order valence-corrected chi connectivity index (χ1v) is 19.9. The number of benzene rings is 8. The summed E-state index contributed by atoms with van der Waals surface area (Å²) in [5, 5.41) is 10.4. The Morgan fingerprint density at radius 2 is 1.08 bits per heavy atom. The van der Waals surface area contributed by atoms with Crippen LogP contribution in [0.4, 0.5) is 17.1 Å². The molecule has 8 aromatic rings. The first kappa shape index (κ1) is 31.2. The van der Waals surface area contributed by atoms with Crippen LogP contribution >= 0.6 is 22.6 Å². The average Bonchev–Trinajstić information content (AvgIpc) is 3.85. The van der Waals surface area contributed by atoms with Crippen molar-refractivity contribution in [3.63, 3.8) is 0 Å². The molecule has 8 aromatic carbocycles. The summed E-state index contributed by atoms with van der Waals surface area (Å²) in [6.07, 6.45) is 8.27. The van der Waals surface area contributed by atoms with Gasteiger partial charge in [0.25, 0.3) is 0 Å². The topological polar surface area (TPSA) is 6.48 Å². The van der Waals surface area contributed by atoms with Crippen LogP contribution in [0.5, 0.6) is 0 Å². The van der Waals surface area contributed by atoms with E-state index in [1.807, 2.05) is 0 Å². The summed E-state index contributed by atoms with van der Waals surface area (Å²) in [7, 11) is 0. The molecule has 2 nitrogen and oxygen atoms in total. The molecule has 3 aliphatic rings. The Kier molecular flexibility index (Phi) is 7.10. The zero-order valence-electron chi connectivity index (χ0n) is 29.4. The fourth-order valence-electron chi connectivity index (χ4n) is 9.56. The van der Waals surface area contributed by atoms with Crippen molar-refractivity contribution in [3.8, 4) is 22.3 Å². The third-order valence-electron chi connectivity index (χ3n) is 12.0. The predicted molar refractivity (Wildman–Crippen MR) is 234 cm³/mol. The Balaban J connectivity index is 1.28. The smallest absolute Gasteiger partial charge is 0.115 e. The lowest BCUT2D eigenvalue weighted by atomic mass is 9.83. The van der Waals surface area contributed by atoms with E-state index in [1.54, 1.807) is 0 Å². The molecule has 0 saturated heterocycles. The molecular weight excluding hydrogens is 755 g/mol. The van der Waals surface area contributed by atoms with Crippen molar-refractivity contribution in [1.29, 1.82) is 0 Å². The van der Waals surface area contributed by atoms with Crippen LogP contribution in [-0.2, 0) is 12.8 Å². The standard InChI is InChI=1S/C50H37IN2/c51-50(53-30-27-36-14-4-8-22-47(36)53)28-25-43-45(32-50)49(41-20-10-16-34-12-2-6-18-39(34)41)42-24-23-37(52-29-26-35-13-3-7-21-46(35)52)31-44(42)48(43)40-19-9-15-33-11-1-5-17-38(33)40/h1-25,31-32H,26-30H2. The number of hydrogen-bond acceptors (Lipinski definition) is 2. The second-order valence-electron chi connectivity index (χ2n) is 14.8. The molecule has 0 spiro atoms. The summed E-state index contributed by atoms with van der Waals surface area (Å²) in [6.45, 7) is 2.01. The number of anilines is 3. The molecule has 1 aliphatic carbocycles. The lowest BCUT2D eigenvalue weighted by molar-refractivity contribution is 0.728. The van der Waals surface area contributed by atoms with Gasteiger partial charge in [-0.15, -0.1) is 0 Å². The highest BCUT2D eigenvalue weighted by atomic mass is 127. The molecule has 0 radical (unpaired) electrons. The molecule has 53 heavy (non-hydrogen) atoms. The van der Waals surface area contributed by atoms with Gasteiger partial charge >= 0.3 is 0 Å². The van der Waals surface area contributed by atoms with Crippen molar-refractivity contribution in [2.75, 3.05) is 22.9 Å². The van der Waals surface area contributed by atoms with E-state index >= 15 is 0 Å². The Hall–Kier alpha value is -5.39. The molecule has 1 unspecified atom stereocenters. The molecular formula is C50H37IN2. The van der Waals surface area contributed by atoms with Crippen LogP contribution in [0.25, 0.3) is 66.7 Å². The minimum atomic E-state index is -0.209. The number of nitrogens with zero attached hydrogens (tertiary/aromatic N) is 2. The van der Waals surface area contributed by atoms with Gasteiger partial charge in [0.15, 0.2) is 0 Å². The van der Waals surface area contributed by atoms with E-state index in [2.05, 4.69) is 196 Å². The van der Waals surface area contributed by atoms with E-state index in [4.69, 9.17) is 0 Å². The lowest BCUT2D eigenvalue weighted by Gasteiger charge is -2.38. The van der Waals surface area contributed by atoms with E-state index in [-0.39, 0.29) is 3.55 Å². The highest BCUT2D eigenvalue weighted by Crippen LogP contribution is 2.45. The molecule has 0 amide bonds. The maximum Gasteiger partial charge on any atom is 0.115 e. The molecule has 11 rings (SSSR count). The summed E-state index contributed by atoms with van der Waals surface area (Å²) >= 11 is 2.77. The predicted octanol–water partition coefficient (Wildman–Crippen LogP) is 11.3. The molecule has 0 N–H and O–H groups in total. The van der Waals surface area contributed by atoms with E-state index in [9.17, 15) is 0 Å².